The van der Waals surface area contributed by atoms with Crippen molar-refractivity contribution in [2.75, 3.05) is 32.8 Å². The minimum absolute atomic E-state index is 0.0163. The number of rotatable bonds is 11. The molecule has 1 aliphatic rings. The van der Waals surface area contributed by atoms with Gasteiger partial charge in [0.2, 0.25) is 11.8 Å². The first kappa shape index (κ1) is 33.5. The quantitative estimate of drug-likeness (QED) is 0.272. The fourth-order valence-electron chi connectivity index (χ4n) is 5.93. The Hall–Kier alpha value is -4.40. The second-order valence-electron chi connectivity index (χ2n) is 12.5. The van der Waals surface area contributed by atoms with E-state index in [-0.39, 0.29) is 55.7 Å². The molecule has 1 aliphatic heterocycles. The Kier molecular flexibility index (Phi) is 11.2. The SMILES string of the molecule is CCOC(=O)CNC(=O)CCC(=O)N1C[C@H](CN(C(=O)OC(C)(C)C)[C@H](C)c2cccc3ccccc23)[C@@H](c2ccccc2)C1. The Bertz CT molecular complexity index is 1480. The third kappa shape index (κ3) is 9.06. The summed E-state index contributed by atoms with van der Waals surface area (Å²) in [6, 6.07) is 24.0. The van der Waals surface area contributed by atoms with Crippen LogP contribution in [0.1, 0.15) is 70.5 Å². The summed E-state index contributed by atoms with van der Waals surface area (Å²) < 4.78 is 10.8. The van der Waals surface area contributed by atoms with E-state index in [1.165, 1.54) is 0 Å². The summed E-state index contributed by atoms with van der Waals surface area (Å²) in [4.78, 5) is 54.7. The van der Waals surface area contributed by atoms with Crippen LogP contribution in [0, 0.1) is 5.92 Å². The van der Waals surface area contributed by atoms with Crippen molar-refractivity contribution in [2.45, 2.75) is 65.0 Å². The van der Waals surface area contributed by atoms with E-state index in [0.717, 1.165) is 21.9 Å². The van der Waals surface area contributed by atoms with Crippen LogP contribution in [0.15, 0.2) is 72.8 Å². The highest BCUT2D eigenvalue weighted by atomic mass is 16.6. The molecule has 1 N–H and O–H groups in total. The molecule has 4 rings (SSSR count). The first-order chi connectivity index (χ1) is 21.5. The van der Waals surface area contributed by atoms with Gasteiger partial charge in [-0.25, -0.2) is 4.79 Å². The number of carbonyl (C=O) groups is 4. The zero-order valence-electron chi connectivity index (χ0n) is 27.0. The van der Waals surface area contributed by atoms with E-state index < -0.39 is 17.7 Å². The second kappa shape index (κ2) is 15.1. The predicted octanol–water partition coefficient (Wildman–Crippen LogP) is 5.84. The van der Waals surface area contributed by atoms with Crippen LogP contribution in [-0.2, 0) is 23.9 Å². The number of amides is 3. The van der Waals surface area contributed by atoms with E-state index in [9.17, 15) is 19.2 Å². The standard InChI is InChI=1S/C36H45N3O6/c1-6-44-34(42)21-37-32(40)19-20-33(41)38-22-28(31(24-38)27-13-8-7-9-14-27)23-39(35(43)45-36(3,4)5)25(2)29-18-12-16-26-15-10-11-17-30(26)29/h7-18,25,28,31H,6,19-24H2,1-5H3,(H,37,40)/t25-,28-,31-/m1/s1. The van der Waals surface area contributed by atoms with Crippen LogP contribution in [-0.4, -0.2) is 72.1 Å². The third-order valence-corrected chi connectivity index (χ3v) is 8.12. The summed E-state index contributed by atoms with van der Waals surface area (Å²) in [6.45, 7) is 10.6. The molecule has 0 saturated carbocycles. The van der Waals surface area contributed by atoms with E-state index in [0.29, 0.717) is 19.6 Å². The van der Waals surface area contributed by atoms with Gasteiger partial charge < -0.3 is 24.6 Å². The highest BCUT2D eigenvalue weighted by Gasteiger charge is 2.39. The number of likely N-dealkylation sites (tertiary alicyclic amines) is 1. The van der Waals surface area contributed by atoms with Crippen molar-refractivity contribution in [3.8, 4) is 0 Å². The molecule has 3 aromatic rings. The molecule has 3 aromatic carbocycles. The van der Waals surface area contributed by atoms with E-state index in [1.54, 1.807) is 16.7 Å². The number of hydrogen-bond donors (Lipinski definition) is 1. The lowest BCUT2D eigenvalue weighted by atomic mass is 9.88. The molecule has 1 heterocycles. The molecule has 45 heavy (non-hydrogen) atoms. The Morgan fingerprint density at radius 1 is 0.933 bits per heavy atom. The lowest BCUT2D eigenvalue weighted by molar-refractivity contribution is -0.143. The maximum Gasteiger partial charge on any atom is 0.410 e. The van der Waals surface area contributed by atoms with Crippen LogP contribution >= 0.6 is 0 Å². The van der Waals surface area contributed by atoms with Gasteiger partial charge in [0.15, 0.2) is 0 Å². The van der Waals surface area contributed by atoms with Crippen molar-refractivity contribution in [3.05, 3.63) is 83.9 Å². The van der Waals surface area contributed by atoms with Gasteiger partial charge in [-0.2, -0.15) is 0 Å². The van der Waals surface area contributed by atoms with E-state index >= 15 is 0 Å². The molecule has 0 spiro atoms. The Labute approximate surface area is 265 Å². The Morgan fingerprint density at radius 2 is 1.62 bits per heavy atom. The fourth-order valence-corrected chi connectivity index (χ4v) is 5.93. The summed E-state index contributed by atoms with van der Waals surface area (Å²) in [7, 11) is 0. The van der Waals surface area contributed by atoms with Gasteiger partial charge in [-0.05, 0) is 56.5 Å². The summed E-state index contributed by atoms with van der Waals surface area (Å²) in [5.41, 5.74) is 1.43. The monoisotopic (exact) mass is 615 g/mol. The molecule has 240 valence electrons. The van der Waals surface area contributed by atoms with E-state index in [2.05, 4.69) is 41.7 Å². The highest BCUT2D eigenvalue weighted by molar-refractivity contribution is 5.87. The minimum atomic E-state index is -0.682. The van der Waals surface area contributed by atoms with Crippen LogP contribution in [0.5, 0.6) is 0 Å². The molecule has 0 aromatic heterocycles. The Balaban J connectivity index is 1.56. The average molecular weight is 616 g/mol. The molecule has 0 radical (unpaired) electrons. The molecule has 1 saturated heterocycles. The van der Waals surface area contributed by atoms with E-state index in [1.807, 2.05) is 64.1 Å². The van der Waals surface area contributed by atoms with Crippen molar-refractivity contribution in [2.24, 2.45) is 5.92 Å². The largest absolute Gasteiger partial charge is 0.465 e. The zero-order valence-corrected chi connectivity index (χ0v) is 27.0. The molecular formula is C36H45N3O6. The van der Waals surface area contributed by atoms with Crippen LogP contribution < -0.4 is 5.32 Å². The van der Waals surface area contributed by atoms with Crippen molar-refractivity contribution >= 4 is 34.6 Å². The molecule has 0 aliphatic carbocycles. The maximum atomic E-state index is 13.8. The van der Waals surface area contributed by atoms with Gasteiger partial charge in [-0.3, -0.25) is 14.4 Å². The molecular weight excluding hydrogens is 570 g/mol. The smallest absolute Gasteiger partial charge is 0.410 e. The highest BCUT2D eigenvalue weighted by Crippen LogP contribution is 2.37. The van der Waals surface area contributed by atoms with Crippen molar-refractivity contribution in [1.82, 2.24) is 15.1 Å². The molecule has 1 fully saturated rings. The lowest BCUT2D eigenvalue weighted by Gasteiger charge is -2.35. The van der Waals surface area contributed by atoms with Crippen LogP contribution in [0.2, 0.25) is 0 Å². The minimum Gasteiger partial charge on any atom is -0.465 e. The van der Waals surface area contributed by atoms with Crippen molar-refractivity contribution < 1.29 is 28.7 Å². The fraction of sp³-hybridized carbons (Fsp3) is 0.444. The summed E-state index contributed by atoms with van der Waals surface area (Å²) in [5, 5.41) is 4.68. The molecule has 9 heteroatoms. The van der Waals surface area contributed by atoms with Gasteiger partial charge in [-0.15, -0.1) is 0 Å². The van der Waals surface area contributed by atoms with Gasteiger partial charge in [0.1, 0.15) is 12.1 Å². The number of fused-ring (bicyclic) bond motifs is 1. The van der Waals surface area contributed by atoms with Crippen molar-refractivity contribution in [3.63, 3.8) is 0 Å². The number of benzene rings is 3. The van der Waals surface area contributed by atoms with Gasteiger partial charge in [-0.1, -0.05) is 72.8 Å². The van der Waals surface area contributed by atoms with Crippen LogP contribution in [0.25, 0.3) is 10.8 Å². The molecule has 9 nitrogen and oxygen atoms in total. The third-order valence-electron chi connectivity index (χ3n) is 8.12. The zero-order chi connectivity index (χ0) is 32.6. The number of esters is 1. The topological polar surface area (TPSA) is 105 Å². The van der Waals surface area contributed by atoms with E-state index in [4.69, 9.17) is 9.47 Å². The summed E-state index contributed by atoms with van der Waals surface area (Å²) in [6.07, 6.45) is -0.416. The first-order valence-corrected chi connectivity index (χ1v) is 15.7. The summed E-state index contributed by atoms with van der Waals surface area (Å²) >= 11 is 0. The molecule has 0 unspecified atom stereocenters. The van der Waals surface area contributed by atoms with Gasteiger partial charge in [0, 0.05) is 44.3 Å². The average Bonchev–Trinajstić information content (AvgIpc) is 3.44. The number of nitrogens with zero attached hydrogens (tertiary/aromatic N) is 2. The summed E-state index contributed by atoms with van der Waals surface area (Å²) in [5.74, 6) is -1.13. The number of carbonyl (C=O) groups excluding carboxylic acids is 4. The number of ether oxygens (including phenoxy) is 2. The lowest BCUT2D eigenvalue weighted by Crippen LogP contribution is -2.42. The normalized spacial score (nSPS) is 17.0. The number of nitrogens with one attached hydrogen (secondary N) is 1. The molecule has 3 atom stereocenters. The van der Waals surface area contributed by atoms with Crippen LogP contribution in [0.4, 0.5) is 4.79 Å². The van der Waals surface area contributed by atoms with Gasteiger partial charge in [0.05, 0.1) is 12.6 Å². The Morgan fingerprint density at radius 3 is 2.33 bits per heavy atom. The van der Waals surface area contributed by atoms with Crippen LogP contribution in [0.3, 0.4) is 0 Å². The van der Waals surface area contributed by atoms with Gasteiger partial charge >= 0.3 is 12.1 Å². The first-order valence-electron chi connectivity index (χ1n) is 15.7. The second-order valence-corrected chi connectivity index (χ2v) is 12.5. The number of hydrogen-bond acceptors (Lipinski definition) is 6. The van der Waals surface area contributed by atoms with Crippen molar-refractivity contribution in [1.29, 1.82) is 0 Å². The molecule has 3 amide bonds. The van der Waals surface area contributed by atoms with Gasteiger partial charge in [0.25, 0.3) is 0 Å². The maximum absolute atomic E-state index is 13.8. The molecule has 0 bridgehead atoms. The predicted molar refractivity (Wildman–Crippen MR) is 173 cm³/mol.